The number of halogens is 5. The van der Waals surface area contributed by atoms with Crippen molar-refractivity contribution in [1.29, 1.82) is 0 Å². The van der Waals surface area contributed by atoms with E-state index in [9.17, 15) is 22.4 Å². The molecule has 0 radical (unpaired) electrons. The summed E-state index contributed by atoms with van der Waals surface area (Å²) in [6, 6.07) is 4.18. The lowest BCUT2D eigenvalue weighted by Gasteiger charge is -2.05. The fourth-order valence-electron chi connectivity index (χ4n) is 2.39. The number of benzene rings is 2. The number of carbonyl (C=O) groups excluding carboxylic acids is 1. The molecule has 1 amide bonds. The first-order valence-corrected chi connectivity index (χ1v) is 6.80. The van der Waals surface area contributed by atoms with Gasteiger partial charge in [0.1, 0.15) is 5.82 Å². The van der Waals surface area contributed by atoms with Crippen LogP contribution in [0.3, 0.4) is 0 Å². The predicted molar refractivity (Wildman–Crippen MR) is 77.0 cm³/mol. The molecule has 22 heavy (non-hydrogen) atoms. The van der Waals surface area contributed by atoms with Crippen LogP contribution in [0.4, 0.5) is 17.6 Å². The van der Waals surface area contributed by atoms with Crippen LogP contribution in [0.15, 0.2) is 28.7 Å². The molecule has 0 saturated heterocycles. The number of aromatic nitrogens is 1. The minimum absolute atomic E-state index is 0.130. The van der Waals surface area contributed by atoms with Crippen LogP contribution in [0.25, 0.3) is 21.8 Å². The third-order valence-corrected chi connectivity index (χ3v) is 4.14. The zero-order valence-corrected chi connectivity index (χ0v) is 12.3. The van der Waals surface area contributed by atoms with Gasteiger partial charge in [-0.15, -0.1) is 0 Å². The molecule has 1 aromatic heterocycles. The summed E-state index contributed by atoms with van der Waals surface area (Å²) in [4.78, 5) is 14.2. The molecule has 0 bridgehead atoms. The maximum atomic E-state index is 13.9. The molecule has 1 heterocycles. The van der Waals surface area contributed by atoms with E-state index >= 15 is 0 Å². The maximum Gasteiger partial charge on any atom is 0.416 e. The van der Waals surface area contributed by atoms with E-state index in [0.29, 0.717) is 10.8 Å². The van der Waals surface area contributed by atoms with Crippen molar-refractivity contribution in [2.75, 3.05) is 0 Å². The van der Waals surface area contributed by atoms with Crippen molar-refractivity contribution in [3.63, 3.8) is 0 Å². The van der Waals surface area contributed by atoms with Gasteiger partial charge in [-0.25, -0.2) is 4.39 Å². The Balaban J connectivity index is 2.44. The zero-order chi connectivity index (χ0) is 16.2. The van der Waals surface area contributed by atoms with Gasteiger partial charge >= 0.3 is 6.18 Å². The highest BCUT2D eigenvalue weighted by Gasteiger charge is 2.31. The lowest BCUT2D eigenvalue weighted by molar-refractivity contribution is -0.137. The van der Waals surface area contributed by atoms with Crippen LogP contribution in [0.5, 0.6) is 0 Å². The Morgan fingerprint density at radius 1 is 1.18 bits per heavy atom. The molecule has 3 rings (SSSR count). The molecule has 3 nitrogen and oxygen atoms in total. The largest absolute Gasteiger partial charge is 0.416 e. The fraction of sp³-hybridized carbons (Fsp3) is 0.0714. The van der Waals surface area contributed by atoms with Crippen LogP contribution in [-0.2, 0) is 6.18 Å². The van der Waals surface area contributed by atoms with Crippen molar-refractivity contribution in [2.24, 2.45) is 5.73 Å². The average Bonchev–Trinajstić information content (AvgIpc) is 2.75. The number of hydrogen-bond acceptors (Lipinski definition) is 1. The molecule has 0 aliphatic rings. The number of nitrogens with one attached hydrogen (secondary N) is 1. The van der Waals surface area contributed by atoms with Gasteiger partial charge in [0.15, 0.2) is 0 Å². The molecule has 0 atom stereocenters. The van der Waals surface area contributed by atoms with Crippen LogP contribution >= 0.6 is 15.9 Å². The number of nitrogens with two attached hydrogens (primary N) is 1. The molecule has 0 aliphatic carbocycles. The molecule has 3 aromatic rings. The summed E-state index contributed by atoms with van der Waals surface area (Å²) in [7, 11) is 0. The summed E-state index contributed by atoms with van der Waals surface area (Å²) in [6.07, 6.45) is -4.50. The number of primary amides is 1. The van der Waals surface area contributed by atoms with Crippen LogP contribution < -0.4 is 5.73 Å². The van der Waals surface area contributed by atoms with Crippen LogP contribution in [0.1, 0.15) is 15.9 Å². The van der Waals surface area contributed by atoms with Crippen molar-refractivity contribution in [3.8, 4) is 0 Å². The Morgan fingerprint density at radius 3 is 2.45 bits per heavy atom. The summed E-state index contributed by atoms with van der Waals surface area (Å²) in [5.41, 5.74) is 4.59. The van der Waals surface area contributed by atoms with Crippen molar-refractivity contribution in [3.05, 3.63) is 45.7 Å². The lowest BCUT2D eigenvalue weighted by atomic mass is 10.1. The van der Waals surface area contributed by atoms with Crippen molar-refractivity contribution in [1.82, 2.24) is 4.98 Å². The highest BCUT2D eigenvalue weighted by Crippen LogP contribution is 2.36. The second kappa shape index (κ2) is 4.70. The van der Waals surface area contributed by atoms with E-state index in [1.165, 1.54) is 6.07 Å². The first-order chi connectivity index (χ1) is 10.2. The summed E-state index contributed by atoms with van der Waals surface area (Å²) >= 11 is 2.93. The molecule has 0 fully saturated rings. The minimum Gasteiger partial charge on any atom is -0.365 e. The highest BCUT2D eigenvalue weighted by atomic mass is 79.9. The van der Waals surface area contributed by atoms with Crippen LogP contribution in [0, 0.1) is 5.82 Å². The smallest absolute Gasteiger partial charge is 0.365 e. The number of rotatable bonds is 1. The molecular weight excluding hydrogens is 368 g/mol. The van der Waals surface area contributed by atoms with Crippen molar-refractivity contribution >= 4 is 43.6 Å². The number of amides is 1. The number of carbonyl (C=O) groups is 1. The van der Waals surface area contributed by atoms with Crippen molar-refractivity contribution in [2.45, 2.75) is 6.18 Å². The lowest BCUT2D eigenvalue weighted by Crippen LogP contribution is -2.13. The van der Waals surface area contributed by atoms with E-state index < -0.39 is 23.5 Å². The molecule has 2 aromatic carbocycles. The average molecular weight is 375 g/mol. The Kier molecular flexibility index (Phi) is 3.17. The molecular formula is C14H7BrF4N2O. The van der Waals surface area contributed by atoms with Gasteiger partial charge in [0.05, 0.1) is 21.1 Å². The van der Waals surface area contributed by atoms with Gasteiger partial charge in [0.25, 0.3) is 5.91 Å². The molecule has 0 unspecified atom stereocenters. The summed E-state index contributed by atoms with van der Waals surface area (Å²) < 4.78 is 52.0. The number of fused-ring (bicyclic) bond motifs is 3. The molecule has 0 saturated carbocycles. The highest BCUT2D eigenvalue weighted by molar-refractivity contribution is 9.10. The van der Waals surface area contributed by atoms with Gasteiger partial charge < -0.3 is 10.7 Å². The molecule has 8 heteroatoms. The summed E-state index contributed by atoms with van der Waals surface area (Å²) in [5, 5.41) is 0.662. The number of aromatic amines is 1. The quantitative estimate of drug-likeness (QED) is 0.611. The third-order valence-electron chi connectivity index (χ3n) is 3.36. The number of H-pyrrole nitrogens is 1. The Morgan fingerprint density at radius 2 is 1.86 bits per heavy atom. The van der Waals surface area contributed by atoms with Gasteiger partial charge in [-0.1, -0.05) is 6.07 Å². The van der Waals surface area contributed by atoms with Crippen LogP contribution in [-0.4, -0.2) is 10.9 Å². The second-order valence-corrected chi connectivity index (χ2v) is 5.51. The standard InChI is InChI=1S/C14H7BrF4N2O/c15-11-8(16)4-7-6-2-1-5(14(17,18)19)3-9(6)21-12(7)10(11)13(20)22/h1-4,21H,(H2,20,22). The topological polar surface area (TPSA) is 58.9 Å². The van der Waals surface area contributed by atoms with Gasteiger partial charge in [0, 0.05) is 16.3 Å². The Labute approximate surface area is 129 Å². The van der Waals surface area contributed by atoms with Gasteiger partial charge in [-0.3, -0.25) is 4.79 Å². The van der Waals surface area contributed by atoms with Gasteiger partial charge in [-0.05, 0) is 34.1 Å². The second-order valence-electron chi connectivity index (χ2n) is 4.72. The number of hydrogen-bond donors (Lipinski definition) is 2. The number of alkyl halides is 3. The van der Waals surface area contributed by atoms with E-state index in [0.717, 1.165) is 18.2 Å². The van der Waals surface area contributed by atoms with Crippen LogP contribution in [0.2, 0.25) is 0 Å². The van der Waals surface area contributed by atoms with Gasteiger partial charge in [0.2, 0.25) is 0 Å². The normalized spacial score (nSPS) is 12.2. The van der Waals surface area contributed by atoms with E-state index in [1.807, 2.05) is 0 Å². The maximum absolute atomic E-state index is 13.9. The molecule has 0 spiro atoms. The first-order valence-electron chi connectivity index (χ1n) is 6.00. The molecule has 0 aliphatic heterocycles. The van der Waals surface area contributed by atoms with E-state index in [1.54, 1.807) is 0 Å². The monoisotopic (exact) mass is 374 g/mol. The van der Waals surface area contributed by atoms with E-state index in [2.05, 4.69) is 20.9 Å². The summed E-state index contributed by atoms with van der Waals surface area (Å²) in [5.74, 6) is -1.61. The van der Waals surface area contributed by atoms with Gasteiger partial charge in [-0.2, -0.15) is 13.2 Å². The molecule has 114 valence electrons. The SMILES string of the molecule is NC(=O)c1c(Br)c(F)cc2c1[nH]c1cc(C(F)(F)F)ccc12. The summed E-state index contributed by atoms with van der Waals surface area (Å²) in [6.45, 7) is 0. The molecule has 3 N–H and O–H groups in total. The zero-order valence-electron chi connectivity index (χ0n) is 10.7. The fourth-order valence-corrected chi connectivity index (χ4v) is 2.90. The third kappa shape index (κ3) is 2.14. The minimum atomic E-state index is -4.50. The van der Waals surface area contributed by atoms with Crippen molar-refractivity contribution < 1.29 is 22.4 Å². The predicted octanol–water partition coefficient (Wildman–Crippen LogP) is 4.34. The van der Waals surface area contributed by atoms with E-state index in [-0.39, 0.29) is 21.1 Å². The Hall–Kier alpha value is -2.09. The van der Waals surface area contributed by atoms with E-state index in [4.69, 9.17) is 5.73 Å². The first kappa shape index (κ1) is 14.8. The Bertz CT molecular complexity index is 930.